The van der Waals surface area contributed by atoms with Crippen molar-refractivity contribution in [2.45, 2.75) is 41.5 Å². The molecule has 10 heteroatoms. The maximum atomic E-state index is 13.2. The van der Waals surface area contributed by atoms with E-state index in [0.717, 1.165) is 0 Å². The fourth-order valence-electron chi connectivity index (χ4n) is 2.94. The molecule has 0 amide bonds. The molecule has 2 aromatic rings. The van der Waals surface area contributed by atoms with E-state index in [1.807, 2.05) is 0 Å². The zero-order chi connectivity index (χ0) is 32.6. The van der Waals surface area contributed by atoms with Gasteiger partial charge in [0.2, 0.25) is 0 Å². The molecule has 0 bridgehead atoms. The van der Waals surface area contributed by atoms with Crippen molar-refractivity contribution in [3.8, 4) is 28.7 Å². The number of carbonyl (C=O) groups is 5. The zero-order valence-electron chi connectivity index (χ0n) is 24.9. The number of benzene rings is 2. The lowest BCUT2D eigenvalue weighted by molar-refractivity contribution is -0.132. The third kappa shape index (κ3) is 9.53. The van der Waals surface area contributed by atoms with Gasteiger partial charge in [-0.1, -0.05) is 32.4 Å². The summed E-state index contributed by atoms with van der Waals surface area (Å²) in [6.45, 7) is 23.1. The molecular weight excluding hydrogens is 556 g/mol. The maximum absolute atomic E-state index is 13.2. The van der Waals surface area contributed by atoms with Gasteiger partial charge in [-0.05, 0) is 64.8 Å². The SMILES string of the molecule is C=C(C)C(=O)Oc1cc(OC(=O)C(=C)C)cc(OC(=O)C(C)=C(C)c2ccc(OC(=O)C(=C)C)c(OC(=O)C(=C)C)c2)c1. The largest absolute Gasteiger partial charge is 0.423 e. The van der Waals surface area contributed by atoms with Crippen molar-refractivity contribution in [2.24, 2.45) is 0 Å². The van der Waals surface area contributed by atoms with Crippen LogP contribution in [0.25, 0.3) is 5.57 Å². The van der Waals surface area contributed by atoms with Crippen LogP contribution in [0, 0.1) is 0 Å². The Morgan fingerprint density at radius 1 is 0.465 bits per heavy atom. The molecule has 0 saturated carbocycles. The Labute approximate surface area is 249 Å². The fraction of sp³-hybridized carbons (Fsp3) is 0.182. The predicted molar refractivity (Wildman–Crippen MR) is 159 cm³/mol. The van der Waals surface area contributed by atoms with Gasteiger partial charge in [-0.3, -0.25) is 0 Å². The van der Waals surface area contributed by atoms with Crippen LogP contribution in [-0.2, 0) is 24.0 Å². The summed E-state index contributed by atoms with van der Waals surface area (Å²) in [6, 6.07) is 8.17. The van der Waals surface area contributed by atoms with Gasteiger partial charge >= 0.3 is 29.8 Å². The van der Waals surface area contributed by atoms with Gasteiger partial charge in [-0.25, -0.2) is 24.0 Å². The first kappa shape index (κ1) is 33.7. The molecule has 0 aliphatic heterocycles. The summed E-state index contributed by atoms with van der Waals surface area (Å²) in [7, 11) is 0. The Morgan fingerprint density at radius 2 is 0.814 bits per heavy atom. The average molecular weight is 589 g/mol. The minimum absolute atomic E-state index is 0.0441. The number of rotatable bonds is 11. The molecule has 0 fully saturated rings. The summed E-state index contributed by atoms with van der Waals surface area (Å²) in [5, 5.41) is 0. The Kier molecular flexibility index (Phi) is 11.3. The lowest BCUT2D eigenvalue weighted by Crippen LogP contribution is -2.14. The molecule has 2 aromatic carbocycles. The molecule has 224 valence electrons. The van der Waals surface area contributed by atoms with Gasteiger partial charge < -0.3 is 23.7 Å². The van der Waals surface area contributed by atoms with E-state index >= 15 is 0 Å². The van der Waals surface area contributed by atoms with E-state index in [9.17, 15) is 24.0 Å². The van der Waals surface area contributed by atoms with Gasteiger partial charge in [0.05, 0.1) is 0 Å². The van der Waals surface area contributed by atoms with Crippen molar-refractivity contribution >= 4 is 35.4 Å². The number of ether oxygens (including phenoxy) is 5. The molecule has 0 unspecified atom stereocenters. The summed E-state index contributed by atoms with van der Waals surface area (Å²) in [5.74, 6) is -4.11. The van der Waals surface area contributed by atoms with Gasteiger partial charge in [0.15, 0.2) is 11.5 Å². The summed E-state index contributed by atoms with van der Waals surface area (Å²) >= 11 is 0. The molecule has 0 N–H and O–H groups in total. The second-order valence-corrected chi connectivity index (χ2v) is 9.62. The first-order chi connectivity index (χ1) is 20.0. The fourth-order valence-corrected chi connectivity index (χ4v) is 2.94. The Bertz CT molecular complexity index is 1560. The lowest BCUT2D eigenvalue weighted by atomic mass is 10.0. The standard InChI is InChI=1S/C33H32O10/c1-17(2)29(34)39-24-14-25(40-30(35)18(3)4)16-26(15-24)41-33(38)22(10)21(9)23-11-12-27(42-31(36)19(5)6)28(13-23)43-32(37)20(7)8/h11-16H,1,3,5,7H2,2,4,6,8-10H3. The third-order valence-corrected chi connectivity index (χ3v) is 5.53. The number of carbonyl (C=O) groups excluding carboxylic acids is 5. The molecule has 0 spiro atoms. The predicted octanol–water partition coefficient (Wildman–Crippen LogP) is 6.01. The third-order valence-electron chi connectivity index (χ3n) is 5.53. The van der Waals surface area contributed by atoms with Crippen molar-refractivity contribution in [2.75, 3.05) is 0 Å². The number of hydrogen-bond donors (Lipinski definition) is 0. The second kappa shape index (κ2) is 14.4. The van der Waals surface area contributed by atoms with E-state index < -0.39 is 29.8 Å². The molecule has 10 nitrogen and oxygen atoms in total. The normalized spacial score (nSPS) is 10.8. The molecule has 43 heavy (non-hydrogen) atoms. The lowest BCUT2D eigenvalue weighted by Gasteiger charge is -2.14. The number of hydrogen-bond acceptors (Lipinski definition) is 10. The van der Waals surface area contributed by atoms with Crippen molar-refractivity contribution < 1.29 is 47.7 Å². The van der Waals surface area contributed by atoms with Crippen LogP contribution in [0.2, 0.25) is 0 Å². The number of esters is 5. The van der Waals surface area contributed by atoms with Crippen molar-refractivity contribution in [3.63, 3.8) is 0 Å². The summed E-state index contributed by atoms with van der Waals surface area (Å²) in [6.07, 6.45) is 0. The van der Waals surface area contributed by atoms with E-state index in [0.29, 0.717) is 11.1 Å². The van der Waals surface area contributed by atoms with Gasteiger partial charge in [0, 0.05) is 46.1 Å². The van der Waals surface area contributed by atoms with Crippen LogP contribution in [0.15, 0.2) is 90.6 Å². The van der Waals surface area contributed by atoms with Crippen LogP contribution in [0.5, 0.6) is 28.7 Å². The van der Waals surface area contributed by atoms with E-state index in [1.54, 1.807) is 13.0 Å². The highest BCUT2D eigenvalue weighted by molar-refractivity contribution is 5.98. The van der Waals surface area contributed by atoms with Crippen molar-refractivity contribution in [1.29, 1.82) is 0 Å². The molecule has 0 saturated heterocycles. The molecular formula is C33H32O10. The van der Waals surface area contributed by atoms with E-state index in [1.165, 1.54) is 65.0 Å². The molecule has 0 aliphatic carbocycles. The van der Waals surface area contributed by atoms with E-state index in [-0.39, 0.29) is 56.6 Å². The minimum atomic E-state index is -0.795. The first-order valence-electron chi connectivity index (χ1n) is 12.7. The van der Waals surface area contributed by atoms with Gasteiger partial charge in [0.1, 0.15) is 17.2 Å². The Hall–Kier alpha value is -5.51. The highest BCUT2D eigenvalue weighted by Crippen LogP contribution is 2.34. The molecule has 0 heterocycles. The minimum Gasteiger partial charge on any atom is -0.423 e. The first-order valence-corrected chi connectivity index (χ1v) is 12.7. The molecule has 2 rings (SSSR count). The average Bonchev–Trinajstić information content (AvgIpc) is 2.92. The topological polar surface area (TPSA) is 132 Å². The van der Waals surface area contributed by atoms with Crippen LogP contribution in [0.4, 0.5) is 0 Å². The van der Waals surface area contributed by atoms with E-state index in [2.05, 4.69) is 26.3 Å². The second-order valence-electron chi connectivity index (χ2n) is 9.62. The summed E-state index contributed by atoms with van der Waals surface area (Å²) in [5.41, 5.74) is 1.49. The summed E-state index contributed by atoms with van der Waals surface area (Å²) in [4.78, 5) is 61.6. The van der Waals surface area contributed by atoms with Crippen LogP contribution >= 0.6 is 0 Å². The smallest absolute Gasteiger partial charge is 0.339 e. The van der Waals surface area contributed by atoms with Gasteiger partial charge in [-0.15, -0.1) is 0 Å². The Balaban J connectivity index is 2.47. The maximum Gasteiger partial charge on any atom is 0.339 e. The Morgan fingerprint density at radius 3 is 1.21 bits per heavy atom. The van der Waals surface area contributed by atoms with E-state index in [4.69, 9.17) is 23.7 Å². The monoisotopic (exact) mass is 588 g/mol. The quantitative estimate of drug-likeness (QED) is 0.175. The van der Waals surface area contributed by atoms with Crippen LogP contribution < -0.4 is 23.7 Å². The van der Waals surface area contributed by atoms with Crippen molar-refractivity contribution in [3.05, 3.63) is 96.1 Å². The molecule has 0 radical (unpaired) electrons. The highest BCUT2D eigenvalue weighted by atomic mass is 16.6. The summed E-state index contributed by atoms with van der Waals surface area (Å²) < 4.78 is 26.6. The van der Waals surface area contributed by atoms with Crippen LogP contribution in [0.1, 0.15) is 47.1 Å². The van der Waals surface area contributed by atoms with Gasteiger partial charge in [-0.2, -0.15) is 0 Å². The zero-order valence-corrected chi connectivity index (χ0v) is 24.9. The molecule has 0 aliphatic rings. The van der Waals surface area contributed by atoms with Gasteiger partial charge in [0.25, 0.3) is 0 Å². The van der Waals surface area contributed by atoms with Crippen molar-refractivity contribution in [1.82, 2.24) is 0 Å². The molecule has 0 atom stereocenters. The molecule has 0 aromatic heterocycles. The van der Waals surface area contributed by atoms with Crippen LogP contribution in [0.3, 0.4) is 0 Å². The van der Waals surface area contributed by atoms with Crippen LogP contribution in [-0.4, -0.2) is 29.8 Å². The highest BCUT2D eigenvalue weighted by Gasteiger charge is 2.20. The number of allylic oxidation sites excluding steroid dienone is 1.